The minimum atomic E-state index is -0.388. The molecular weight excluding hydrogens is 389 g/mol. The Balaban J connectivity index is 1.36. The van der Waals surface area contributed by atoms with Gasteiger partial charge in [-0.15, -0.1) is 0 Å². The van der Waals surface area contributed by atoms with Gasteiger partial charge in [0.25, 0.3) is 5.91 Å². The molecule has 1 aromatic heterocycles. The van der Waals surface area contributed by atoms with Crippen molar-refractivity contribution in [3.8, 4) is 5.69 Å². The second kappa shape index (κ2) is 8.93. The molecule has 0 aliphatic carbocycles. The van der Waals surface area contributed by atoms with Gasteiger partial charge in [-0.2, -0.15) is 5.10 Å². The van der Waals surface area contributed by atoms with Gasteiger partial charge in [0, 0.05) is 39.3 Å². The van der Waals surface area contributed by atoms with E-state index in [9.17, 15) is 14.0 Å². The number of aromatic nitrogens is 2. The third-order valence-corrected chi connectivity index (χ3v) is 5.70. The number of morpholine rings is 1. The van der Waals surface area contributed by atoms with Crippen LogP contribution in [-0.2, 0) is 9.53 Å². The topological polar surface area (TPSA) is 70.9 Å². The molecular formula is C21H26FN5O3. The molecule has 0 N–H and O–H groups in total. The first-order valence-corrected chi connectivity index (χ1v) is 10.2. The first kappa shape index (κ1) is 20.5. The predicted molar refractivity (Wildman–Crippen MR) is 108 cm³/mol. The normalized spacial score (nSPS) is 17.9. The molecule has 160 valence electrons. The summed E-state index contributed by atoms with van der Waals surface area (Å²) < 4.78 is 20.8. The Bertz CT molecular complexity index is 917. The van der Waals surface area contributed by atoms with E-state index in [1.807, 2.05) is 4.90 Å². The molecule has 30 heavy (non-hydrogen) atoms. The summed E-state index contributed by atoms with van der Waals surface area (Å²) in [6.45, 7) is 6.97. The maximum Gasteiger partial charge on any atom is 0.257 e. The van der Waals surface area contributed by atoms with Crippen LogP contribution in [0.5, 0.6) is 0 Å². The smallest absolute Gasteiger partial charge is 0.257 e. The third-order valence-electron chi connectivity index (χ3n) is 5.70. The van der Waals surface area contributed by atoms with Gasteiger partial charge in [-0.3, -0.25) is 14.5 Å². The average molecular weight is 415 g/mol. The third kappa shape index (κ3) is 4.22. The van der Waals surface area contributed by atoms with E-state index in [4.69, 9.17) is 4.74 Å². The monoisotopic (exact) mass is 415 g/mol. The van der Waals surface area contributed by atoms with E-state index in [1.54, 1.807) is 30.0 Å². The summed E-state index contributed by atoms with van der Waals surface area (Å²) in [4.78, 5) is 31.1. The number of ether oxygens (including phenoxy) is 1. The van der Waals surface area contributed by atoms with Crippen molar-refractivity contribution in [2.24, 2.45) is 0 Å². The summed E-state index contributed by atoms with van der Waals surface area (Å²) in [5.41, 5.74) is 1.40. The molecule has 0 bridgehead atoms. The largest absolute Gasteiger partial charge is 0.378 e. The molecule has 3 heterocycles. The second-order valence-corrected chi connectivity index (χ2v) is 7.57. The highest BCUT2D eigenvalue weighted by Crippen LogP contribution is 2.19. The number of hydrogen-bond acceptors (Lipinski definition) is 5. The van der Waals surface area contributed by atoms with Crippen LogP contribution >= 0.6 is 0 Å². The van der Waals surface area contributed by atoms with Gasteiger partial charge in [0.05, 0.1) is 37.2 Å². The molecule has 2 amide bonds. The number of carbonyl (C=O) groups excluding carboxylic acids is 2. The van der Waals surface area contributed by atoms with Gasteiger partial charge in [0.2, 0.25) is 5.91 Å². The van der Waals surface area contributed by atoms with E-state index < -0.39 is 0 Å². The van der Waals surface area contributed by atoms with E-state index in [-0.39, 0.29) is 17.6 Å². The second-order valence-electron chi connectivity index (χ2n) is 7.57. The highest BCUT2D eigenvalue weighted by Gasteiger charge is 2.27. The number of rotatable bonds is 4. The Labute approximate surface area is 174 Å². The molecule has 0 saturated carbocycles. The fourth-order valence-electron chi connectivity index (χ4n) is 3.87. The van der Waals surface area contributed by atoms with Crippen molar-refractivity contribution in [2.45, 2.75) is 6.92 Å². The lowest BCUT2D eigenvalue weighted by atomic mass is 10.2. The van der Waals surface area contributed by atoms with Crippen molar-refractivity contribution in [1.29, 1.82) is 0 Å². The summed E-state index contributed by atoms with van der Waals surface area (Å²) >= 11 is 0. The van der Waals surface area contributed by atoms with Crippen molar-refractivity contribution < 1.29 is 18.7 Å². The summed E-state index contributed by atoms with van der Waals surface area (Å²) in [5.74, 6) is -0.393. The lowest BCUT2D eigenvalue weighted by Gasteiger charge is -2.36. The standard InChI is InChI=1S/C21H26FN5O3/c1-16-17(14-23-27(16)19-5-3-2-4-18(19)22)21(29)26-8-6-24(7-9-26)15-20(28)25-10-12-30-13-11-25/h2-5,14H,6-13,15H2,1H3. The number of para-hydroxylation sites is 1. The van der Waals surface area contributed by atoms with E-state index >= 15 is 0 Å². The zero-order valence-corrected chi connectivity index (χ0v) is 17.1. The van der Waals surface area contributed by atoms with Crippen molar-refractivity contribution in [1.82, 2.24) is 24.5 Å². The summed E-state index contributed by atoms with van der Waals surface area (Å²) in [6.07, 6.45) is 1.50. The molecule has 0 atom stereocenters. The highest BCUT2D eigenvalue weighted by molar-refractivity contribution is 5.95. The van der Waals surface area contributed by atoms with E-state index in [0.717, 1.165) is 0 Å². The van der Waals surface area contributed by atoms with Gasteiger partial charge in [0.15, 0.2) is 0 Å². The number of carbonyl (C=O) groups is 2. The van der Waals surface area contributed by atoms with Crippen LogP contribution in [-0.4, -0.2) is 95.3 Å². The van der Waals surface area contributed by atoms with Crippen molar-refractivity contribution in [3.63, 3.8) is 0 Å². The van der Waals surface area contributed by atoms with Crippen LogP contribution in [0.2, 0.25) is 0 Å². The van der Waals surface area contributed by atoms with E-state index in [1.165, 1.54) is 16.9 Å². The minimum absolute atomic E-state index is 0.111. The number of amides is 2. The Morgan fingerprint density at radius 1 is 1.03 bits per heavy atom. The maximum atomic E-state index is 14.1. The molecule has 2 fully saturated rings. The van der Waals surface area contributed by atoms with Crippen LogP contribution in [0.3, 0.4) is 0 Å². The van der Waals surface area contributed by atoms with Gasteiger partial charge in [-0.05, 0) is 19.1 Å². The molecule has 2 saturated heterocycles. The van der Waals surface area contributed by atoms with Crippen LogP contribution in [0.15, 0.2) is 30.5 Å². The number of nitrogens with zero attached hydrogens (tertiary/aromatic N) is 5. The zero-order valence-electron chi connectivity index (χ0n) is 17.1. The van der Waals surface area contributed by atoms with Crippen LogP contribution in [0, 0.1) is 12.7 Å². The Morgan fingerprint density at radius 2 is 1.73 bits per heavy atom. The number of piperazine rings is 1. The summed E-state index contributed by atoms with van der Waals surface area (Å²) in [7, 11) is 0. The molecule has 8 nitrogen and oxygen atoms in total. The molecule has 4 rings (SSSR count). The lowest BCUT2D eigenvalue weighted by Crippen LogP contribution is -2.52. The highest BCUT2D eigenvalue weighted by atomic mass is 19.1. The van der Waals surface area contributed by atoms with Gasteiger partial charge in [0.1, 0.15) is 11.5 Å². The van der Waals surface area contributed by atoms with Gasteiger partial charge in [-0.25, -0.2) is 9.07 Å². The SMILES string of the molecule is Cc1c(C(=O)N2CCN(CC(=O)N3CCOCC3)CC2)cnn1-c1ccccc1F. The van der Waals surface area contributed by atoms with Crippen LogP contribution in [0.25, 0.3) is 5.69 Å². The predicted octanol–water partition coefficient (Wildman–Crippen LogP) is 0.936. The molecule has 0 unspecified atom stereocenters. The minimum Gasteiger partial charge on any atom is -0.378 e. The molecule has 0 radical (unpaired) electrons. The van der Waals surface area contributed by atoms with Crippen molar-refractivity contribution in [2.75, 3.05) is 59.0 Å². The quantitative estimate of drug-likeness (QED) is 0.743. The fraction of sp³-hybridized carbons (Fsp3) is 0.476. The number of benzene rings is 1. The molecule has 0 spiro atoms. The van der Waals surface area contributed by atoms with Crippen molar-refractivity contribution >= 4 is 11.8 Å². The van der Waals surface area contributed by atoms with Crippen LogP contribution in [0.1, 0.15) is 16.1 Å². The average Bonchev–Trinajstić information content (AvgIpc) is 3.16. The first-order chi connectivity index (χ1) is 14.5. The number of hydrogen-bond donors (Lipinski definition) is 0. The van der Waals surface area contributed by atoms with Crippen molar-refractivity contribution in [3.05, 3.63) is 47.5 Å². The molecule has 2 aliphatic heterocycles. The fourth-order valence-corrected chi connectivity index (χ4v) is 3.87. The Morgan fingerprint density at radius 3 is 2.43 bits per heavy atom. The van der Waals surface area contributed by atoms with Gasteiger partial charge in [-0.1, -0.05) is 12.1 Å². The Hall–Kier alpha value is -2.78. The molecule has 2 aliphatic rings. The molecule has 2 aromatic rings. The maximum absolute atomic E-state index is 14.1. The van der Waals surface area contributed by atoms with Gasteiger partial charge < -0.3 is 14.5 Å². The lowest BCUT2D eigenvalue weighted by molar-refractivity contribution is -0.136. The van der Waals surface area contributed by atoms with E-state index in [2.05, 4.69) is 10.00 Å². The zero-order chi connectivity index (χ0) is 21.1. The van der Waals surface area contributed by atoms with E-state index in [0.29, 0.717) is 76.0 Å². The van der Waals surface area contributed by atoms with Gasteiger partial charge >= 0.3 is 0 Å². The summed E-state index contributed by atoms with van der Waals surface area (Å²) in [5, 5.41) is 4.23. The molecule has 1 aromatic carbocycles. The first-order valence-electron chi connectivity index (χ1n) is 10.2. The molecule has 9 heteroatoms. The number of halogens is 1. The summed E-state index contributed by atoms with van der Waals surface area (Å²) in [6, 6.07) is 6.36. The Kier molecular flexibility index (Phi) is 6.10. The van der Waals surface area contributed by atoms with Crippen LogP contribution in [0.4, 0.5) is 4.39 Å². The van der Waals surface area contributed by atoms with Crippen LogP contribution < -0.4 is 0 Å².